The van der Waals surface area contributed by atoms with Crippen molar-refractivity contribution in [3.8, 4) is 0 Å². The van der Waals surface area contributed by atoms with Crippen molar-refractivity contribution in [3.05, 3.63) is 47.6 Å². The van der Waals surface area contributed by atoms with Crippen LogP contribution in [0.15, 0.2) is 34.9 Å². The molecule has 6 heteroatoms. The number of benzene rings is 1. The van der Waals surface area contributed by atoms with Crippen LogP contribution in [0.4, 0.5) is 0 Å². The maximum Gasteiger partial charge on any atom is 0.227 e. The molecular formula is C18H24N4O2. The largest absolute Gasteiger partial charge is 0.354 e. The van der Waals surface area contributed by atoms with Gasteiger partial charge in [-0.2, -0.15) is 4.98 Å². The Morgan fingerprint density at radius 2 is 2.00 bits per heavy atom. The molecule has 1 aliphatic heterocycles. The third kappa shape index (κ3) is 4.41. The number of hydrogen-bond acceptors (Lipinski definition) is 5. The minimum atomic E-state index is -0.0752. The summed E-state index contributed by atoms with van der Waals surface area (Å²) in [7, 11) is 0. The Hall–Kier alpha value is -2.21. The van der Waals surface area contributed by atoms with Gasteiger partial charge in [0.2, 0.25) is 11.8 Å². The van der Waals surface area contributed by atoms with Crippen molar-refractivity contribution in [2.24, 2.45) is 0 Å². The molecule has 1 saturated heterocycles. The fourth-order valence-electron chi connectivity index (χ4n) is 3.19. The van der Waals surface area contributed by atoms with Crippen LogP contribution in [0.25, 0.3) is 0 Å². The standard InChI is InChI=1S/C18H24N4O2/c1-14-20-17(21-24-14)12-18(23)19-13-16(15-8-4-2-5-9-15)22-10-6-3-7-11-22/h2,4-5,8-9,16H,3,6-7,10-13H2,1H3,(H,19,23). The van der Waals surface area contributed by atoms with Crippen molar-refractivity contribution in [1.29, 1.82) is 0 Å². The van der Waals surface area contributed by atoms with E-state index in [4.69, 9.17) is 4.52 Å². The molecule has 1 amide bonds. The van der Waals surface area contributed by atoms with Gasteiger partial charge in [-0.1, -0.05) is 41.9 Å². The van der Waals surface area contributed by atoms with Gasteiger partial charge in [-0.15, -0.1) is 0 Å². The van der Waals surface area contributed by atoms with Crippen LogP contribution in [0.2, 0.25) is 0 Å². The van der Waals surface area contributed by atoms with Crippen LogP contribution >= 0.6 is 0 Å². The monoisotopic (exact) mass is 328 g/mol. The lowest BCUT2D eigenvalue weighted by molar-refractivity contribution is -0.120. The average molecular weight is 328 g/mol. The predicted molar refractivity (Wildman–Crippen MR) is 90.4 cm³/mol. The number of carbonyl (C=O) groups is 1. The topological polar surface area (TPSA) is 71.3 Å². The zero-order chi connectivity index (χ0) is 16.8. The van der Waals surface area contributed by atoms with Crippen molar-refractivity contribution in [1.82, 2.24) is 20.4 Å². The number of aryl methyl sites for hydroxylation is 1. The van der Waals surface area contributed by atoms with Crippen molar-refractivity contribution in [2.45, 2.75) is 38.6 Å². The molecule has 24 heavy (non-hydrogen) atoms. The zero-order valence-electron chi connectivity index (χ0n) is 14.1. The summed E-state index contributed by atoms with van der Waals surface area (Å²) >= 11 is 0. The van der Waals surface area contributed by atoms with Crippen LogP contribution in [-0.2, 0) is 11.2 Å². The molecular weight excluding hydrogens is 304 g/mol. The second kappa shape index (κ2) is 8.06. The highest BCUT2D eigenvalue weighted by Crippen LogP contribution is 2.24. The SMILES string of the molecule is Cc1nc(CC(=O)NCC(c2ccccc2)N2CCCCC2)no1. The molecule has 0 aliphatic carbocycles. The summed E-state index contributed by atoms with van der Waals surface area (Å²) in [5.41, 5.74) is 1.25. The molecule has 1 aromatic carbocycles. The summed E-state index contributed by atoms with van der Waals surface area (Å²) in [5.74, 6) is 0.834. The van der Waals surface area contributed by atoms with Gasteiger partial charge >= 0.3 is 0 Å². The first-order valence-electron chi connectivity index (χ1n) is 8.57. The molecule has 2 aromatic rings. The Balaban J connectivity index is 1.62. The molecule has 1 aliphatic rings. The highest BCUT2D eigenvalue weighted by Gasteiger charge is 2.23. The van der Waals surface area contributed by atoms with Gasteiger partial charge in [0.15, 0.2) is 5.82 Å². The first-order chi connectivity index (χ1) is 11.7. The lowest BCUT2D eigenvalue weighted by Crippen LogP contribution is -2.41. The average Bonchev–Trinajstić information content (AvgIpc) is 3.02. The Bertz CT molecular complexity index is 650. The number of rotatable bonds is 6. The number of aromatic nitrogens is 2. The minimum Gasteiger partial charge on any atom is -0.354 e. The Labute approximate surface area is 142 Å². The Kier molecular flexibility index (Phi) is 5.59. The van der Waals surface area contributed by atoms with Gasteiger partial charge in [-0.3, -0.25) is 9.69 Å². The molecule has 0 radical (unpaired) electrons. The van der Waals surface area contributed by atoms with E-state index in [0.717, 1.165) is 13.1 Å². The first-order valence-corrected chi connectivity index (χ1v) is 8.57. The molecule has 3 rings (SSSR count). The minimum absolute atomic E-state index is 0.0752. The number of amides is 1. The van der Waals surface area contributed by atoms with Gasteiger partial charge in [0.1, 0.15) is 0 Å². The summed E-state index contributed by atoms with van der Waals surface area (Å²) < 4.78 is 4.91. The van der Waals surface area contributed by atoms with Crippen LogP contribution in [0.3, 0.4) is 0 Å². The van der Waals surface area contributed by atoms with E-state index in [-0.39, 0.29) is 18.4 Å². The second-order valence-electron chi connectivity index (χ2n) is 6.23. The van der Waals surface area contributed by atoms with E-state index in [2.05, 4.69) is 44.6 Å². The van der Waals surface area contributed by atoms with Crippen molar-refractivity contribution < 1.29 is 9.32 Å². The van der Waals surface area contributed by atoms with E-state index in [0.29, 0.717) is 18.3 Å². The summed E-state index contributed by atoms with van der Waals surface area (Å²) in [5, 5.41) is 6.81. The second-order valence-corrected chi connectivity index (χ2v) is 6.23. The summed E-state index contributed by atoms with van der Waals surface area (Å²) in [4.78, 5) is 18.7. The van der Waals surface area contributed by atoms with Crippen molar-refractivity contribution in [2.75, 3.05) is 19.6 Å². The summed E-state index contributed by atoms with van der Waals surface area (Å²) in [6.07, 6.45) is 3.89. The van der Waals surface area contributed by atoms with E-state index < -0.39 is 0 Å². The highest BCUT2D eigenvalue weighted by molar-refractivity contribution is 5.77. The van der Waals surface area contributed by atoms with E-state index in [9.17, 15) is 4.79 Å². The van der Waals surface area contributed by atoms with E-state index >= 15 is 0 Å². The molecule has 6 nitrogen and oxygen atoms in total. The molecule has 0 spiro atoms. The predicted octanol–water partition coefficient (Wildman–Crippen LogP) is 2.26. The van der Waals surface area contributed by atoms with Crippen LogP contribution in [0.5, 0.6) is 0 Å². The van der Waals surface area contributed by atoms with Gasteiger partial charge in [0, 0.05) is 13.5 Å². The molecule has 1 fully saturated rings. The van der Waals surface area contributed by atoms with Crippen molar-refractivity contribution in [3.63, 3.8) is 0 Å². The maximum absolute atomic E-state index is 12.2. The fourth-order valence-corrected chi connectivity index (χ4v) is 3.19. The third-order valence-corrected chi connectivity index (χ3v) is 4.40. The smallest absolute Gasteiger partial charge is 0.227 e. The van der Waals surface area contributed by atoms with Crippen LogP contribution in [-0.4, -0.2) is 40.6 Å². The molecule has 1 atom stereocenters. The zero-order valence-corrected chi connectivity index (χ0v) is 14.1. The van der Waals surface area contributed by atoms with E-state index in [1.54, 1.807) is 6.92 Å². The Morgan fingerprint density at radius 1 is 1.25 bits per heavy atom. The van der Waals surface area contributed by atoms with Crippen LogP contribution < -0.4 is 5.32 Å². The third-order valence-electron chi connectivity index (χ3n) is 4.40. The quantitative estimate of drug-likeness (QED) is 0.881. The number of nitrogens with zero attached hydrogens (tertiary/aromatic N) is 3. The molecule has 128 valence electrons. The highest BCUT2D eigenvalue weighted by atomic mass is 16.5. The molecule has 1 unspecified atom stereocenters. The molecule has 2 heterocycles. The number of likely N-dealkylation sites (tertiary alicyclic amines) is 1. The van der Waals surface area contributed by atoms with Gasteiger partial charge in [-0.05, 0) is 31.5 Å². The van der Waals surface area contributed by atoms with Crippen LogP contribution in [0, 0.1) is 6.92 Å². The van der Waals surface area contributed by atoms with Gasteiger partial charge in [0.05, 0.1) is 12.5 Å². The lowest BCUT2D eigenvalue weighted by Gasteiger charge is -2.35. The molecule has 0 bridgehead atoms. The summed E-state index contributed by atoms with van der Waals surface area (Å²) in [6, 6.07) is 10.6. The van der Waals surface area contributed by atoms with Gasteiger partial charge < -0.3 is 9.84 Å². The molecule has 0 saturated carbocycles. The summed E-state index contributed by atoms with van der Waals surface area (Å²) in [6.45, 7) is 4.48. The van der Waals surface area contributed by atoms with E-state index in [1.807, 2.05) is 6.07 Å². The van der Waals surface area contributed by atoms with Gasteiger partial charge in [0.25, 0.3) is 0 Å². The number of carbonyl (C=O) groups excluding carboxylic acids is 1. The van der Waals surface area contributed by atoms with Crippen LogP contribution in [0.1, 0.15) is 42.6 Å². The van der Waals surface area contributed by atoms with E-state index in [1.165, 1.54) is 24.8 Å². The Morgan fingerprint density at radius 3 is 2.67 bits per heavy atom. The first kappa shape index (κ1) is 16.6. The lowest BCUT2D eigenvalue weighted by atomic mass is 10.0. The maximum atomic E-state index is 12.2. The number of nitrogens with one attached hydrogen (secondary N) is 1. The van der Waals surface area contributed by atoms with Gasteiger partial charge in [-0.25, -0.2) is 0 Å². The number of piperidine rings is 1. The normalized spacial score (nSPS) is 16.7. The molecule has 1 N–H and O–H groups in total. The number of hydrogen-bond donors (Lipinski definition) is 1. The van der Waals surface area contributed by atoms with Crippen molar-refractivity contribution >= 4 is 5.91 Å². The molecule has 1 aromatic heterocycles. The fraction of sp³-hybridized carbons (Fsp3) is 0.500.